The van der Waals surface area contributed by atoms with Gasteiger partial charge in [-0.2, -0.15) is 11.8 Å². The van der Waals surface area contributed by atoms with Crippen LogP contribution >= 0.6 is 11.8 Å². The minimum Gasteiger partial charge on any atom is -0.309 e. The highest BCUT2D eigenvalue weighted by Crippen LogP contribution is 2.09. The van der Waals surface area contributed by atoms with Crippen molar-refractivity contribution in [3.05, 3.63) is 35.4 Å². The van der Waals surface area contributed by atoms with E-state index in [0.717, 1.165) is 17.9 Å². The van der Waals surface area contributed by atoms with Crippen molar-refractivity contribution in [2.75, 3.05) is 12.0 Å². The molecule has 1 rings (SSSR count). The summed E-state index contributed by atoms with van der Waals surface area (Å²) < 4.78 is 26.0. The minimum atomic E-state index is -0.397. The number of rotatable bonds is 5. The van der Waals surface area contributed by atoms with Crippen LogP contribution < -0.4 is 5.32 Å². The van der Waals surface area contributed by atoms with E-state index in [0.29, 0.717) is 18.2 Å². The van der Waals surface area contributed by atoms with Gasteiger partial charge in [-0.05, 0) is 31.4 Å². The number of hydrogen-bond acceptors (Lipinski definition) is 2. The van der Waals surface area contributed by atoms with Crippen molar-refractivity contribution in [1.82, 2.24) is 5.32 Å². The van der Waals surface area contributed by atoms with Crippen LogP contribution in [0.5, 0.6) is 0 Å². The largest absolute Gasteiger partial charge is 0.309 e. The van der Waals surface area contributed by atoms with Crippen molar-refractivity contribution in [3.63, 3.8) is 0 Å². The van der Waals surface area contributed by atoms with Crippen molar-refractivity contribution in [3.8, 4) is 0 Å². The van der Waals surface area contributed by atoms with Gasteiger partial charge in [-0.25, -0.2) is 8.78 Å². The summed E-state index contributed by atoms with van der Waals surface area (Å²) in [6, 6.07) is 3.81. The zero-order valence-electron chi connectivity index (χ0n) is 8.89. The monoisotopic (exact) mass is 231 g/mol. The maximum Gasteiger partial charge on any atom is 0.127 e. The average molecular weight is 231 g/mol. The van der Waals surface area contributed by atoms with E-state index in [1.807, 2.05) is 13.2 Å². The van der Waals surface area contributed by atoms with Crippen LogP contribution in [0.1, 0.15) is 12.5 Å². The Labute approximate surface area is 93.3 Å². The van der Waals surface area contributed by atoms with Crippen LogP contribution in [0.4, 0.5) is 8.78 Å². The van der Waals surface area contributed by atoms with Crippen molar-refractivity contribution >= 4 is 11.8 Å². The topological polar surface area (TPSA) is 12.0 Å². The fourth-order valence-electron chi connectivity index (χ4n) is 1.27. The summed E-state index contributed by atoms with van der Waals surface area (Å²) >= 11 is 1.72. The molecule has 1 nitrogen and oxygen atoms in total. The second-order valence-corrected chi connectivity index (χ2v) is 4.38. The maximum atomic E-state index is 13.2. The van der Waals surface area contributed by atoms with Crippen LogP contribution in [0, 0.1) is 11.6 Å². The molecule has 0 amide bonds. The second kappa shape index (κ2) is 6.08. The summed E-state index contributed by atoms with van der Waals surface area (Å²) in [4.78, 5) is 0. The second-order valence-electron chi connectivity index (χ2n) is 3.47. The molecule has 0 aliphatic rings. The van der Waals surface area contributed by atoms with Gasteiger partial charge in [0.15, 0.2) is 0 Å². The molecule has 0 fully saturated rings. The lowest BCUT2D eigenvalue weighted by Crippen LogP contribution is -2.27. The number of thioether (sulfide) groups is 1. The Morgan fingerprint density at radius 1 is 1.40 bits per heavy atom. The first-order valence-electron chi connectivity index (χ1n) is 4.79. The molecule has 1 unspecified atom stereocenters. The van der Waals surface area contributed by atoms with Crippen LogP contribution in [0.3, 0.4) is 0 Å². The SMILES string of the molecule is CSCC(C)NCc1cc(F)ccc1F. The maximum absolute atomic E-state index is 13.2. The molecule has 4 heteroatoms. The Kier molecular flexibility index (Phi) is 5.05. The molecule has 1 atom stereocenters. The molecule has 0 radical (unpaired) electrons. The first kappa shape index (κ1) is 12.5. The highest BCUT2D eigenvalue weighted by atomic mass is 32.2. The molecule has 0 aromatic heterocycles. The summed E-state index contributed by atoms with van der Waals surface area (Å²) in [6.07, 6.45) is 2.01. The van der Waals surface area contributed by atoms with Crippen LogP contribution in [-0.4, -0.2) is 18.1 Å². The number of nitrogens with one attached hydrogen (secondary N) is 1. The summed E-state index contributed by atoms with van der Waals surface area (Å²) in [5.41, 5.74) is 0.378. The Balaban J connectivity index is 2.53. The Bertz CT molecular complexity index is 317. The molecule has 0 saturated carbocycles. The first-order chi connectivity index (χ1) is 7.13. The molecule has 0 bridgehead atoms. The number of halogens is 2. The zero-order valence-corrected chi connectivity index (χ0v) is 9.70. The van der Waals surface area contributed by atoms with E-state index in [9.17, 15) is 8.78 Å². The molecule has 84 valence electrons. The average Bonchev–Trinajstić information content (AvgIpc) is 2.20. The Morgan fingerprint density at radius 3 is 2.80 bits per heavy atom. The Morgan fingerprint density at radius 2 is 2.13 bits per heavy atom. The van der Waals surface area contributed by atoms with Gasteiger partial charge in [0.25, 0.3) is 0 Å². The molecule has 15 heavy (non-hydrogen) atoms. The molecule has 1 aromatic carbocycles. The first-order valence-corrected chi connectivity index (χ1v) is 6.19. The van der Waals surface area contributed by atoms with Crippen LogP contribution in [0.25, 0.3) is 0 Å². The molecule has 0 aliphatic heterocycles. The van der Waals surface area contributed by atoms with Crippen molar-refractivity contribution in [2.45, 2.75) is 19.5 Å². The van der Waals surface area contributed by atoms with E-state index in [2.05, 4.69) is 5.32 Å². The van der Waals surface area contributed by atoms with E-state index in [1.54, 1.807) is 11.8 Å². The van der Waals surface area contributed by atoms with Gasteiger partial charge in [-0.1, -0.05) is 0 Å². The predicted molar refractivity (Wildman–Crippen MR) is 61.0 cm³/mol. The molecule has 1 N–H and O–H groups in total. The van der Waals surface area contributed by atoms with Gasteiger partial charge in [0.1, 0.15) is 11.6 Å². The molecule has 0 spiro atoms. The van der Waals surface area contributed by atoms with E-state index in [1.165, 1.54) is 6.07 Å². The van der Waals surface area contributed by atoms with Gasteiger partial charge in [0.05, 0.1) is 0 Å². The normalized spacial score (nSPS) is 12.8. The predicted octanol–water partition coefficient (Wildman–Crippen LogP) is 2.81. The summed E-state index contributed by atoms with van der Waals surface area (Å²) in [7, 11) is 0. The molecule has 0 aliphatic carbocycles. The number of benzene rings is 1. The molecule has 1 aromatic rings. The lowest BCUT2D eigenvalue weighted by atomic mass is 10.2. The van der Waals surface area contributed by atoms with Crippen molar-refractivity contribution in [2.24, 2.45) is 0 Å². The van der Waals surface area contributed by atoms with E-state index in [-0.39, 0.29) is 5.82 Å². The van der Waals surface area contributed by atoms with E-state index in [4.69, 9.17) is 0 Å². The van der Waals surface area contributed by atoms with Gasteiger partial charge < -0.3 is 5.32 Å². The highest BCUT2D eigenvalue weighted by molar-refractivity contribution is 7.98. The van der Waals surface area contributed by atoms with Gasteiger partial charge in [0, 0.05) is 23.9 Å². The molecule has 0 saturated heterocycles. The molecule has 0 heterocycles. The van der Waals surface area contributed by atoms with E-state index >= 15 is 0 Å². The van der Waals surface area contributed by atoms with E-state index < -0.39 is 5.82 Å². The van der Waals surface area contributed by atoms with Gasteiger partial charge in [-0.3, -0.25) is 0 Å². The van der Waals surface area contributed by atoms with Gasteiger partial charge in [0.2, 0.25) is 0 Å². The third-order valence-electron chi connectivity index (χ3n) is 2.07. The van der Waals surface area contributed by atoms with Crippen molar-refractivity contribution < 1.29 is 8.78 Å². The molecular formula is C11H15F2NS. The molecular weight excluding hydrogens is 216 g/mol. The highest BCUT2D eigenvalue weighted by Gasteiger charge is 2.05. The third-order valence-corrected chi connectivity index (χ3v) is 2.90. The minimum absolute atomic E-state index is 0.294. The Hall–Kier alpha value is -0.610. The van der Waals surface area contributed by atoms with Crippen molar-refractivity contribution in [1.29, 1.82) is 0 Å². The number of hydrogen-bond donors (Lipinski definition) is 1. The lowest BCUT2D eigenvalue weighted by molar-refractivity contribution is 0.546. The summed E-state index contributed by atoms with van der Waals surface area (Å²) in [5.74, 6) is 0.197. The van der Waals surface area contributed by atoms with Crippen LogP contribution in [0.2, 0.25) is 0 Å². The van der Waals surface area contributed by atoms with Gasteiger partial charge in [-0.15, -0.1) is 0 Å². The van der Waals surface area contributed by atoms with Crippen LogP contribution in [-0.2, 0) is 6.54 Å². The summed E-state index contributed by atoms with van der Waals surface area (Å²) in [6.45, 7) is 2.39. The third kappa shape index (κ3) is 4.18. The summed E-state index contributed by atoms with van der Waals surface area (Å²) in [5, 5.41) is 3.14. The van der Waals surface area contributed by atoms with Crippen LogP contribution in [0.15, 0.2) is 18.2 Å². The lowest BCUT2D eigenvalue weighted by Gasteiger charge is -2.12. The quantitative estimate of drug-likeness (QED) is 0.836. The standard InChI is InChI=1S/C11H15F2NS/c1-8(7-15-2)14-6-9-5-10(12)3-4-11(9)13/h3-5,8,14H,6-7H2,1-2H3. The smallest absolute Gasteiger partial charge is 0.127 e. The fourth-order valence-corrected chi connectivity index (χ4v) is 1.89. The fraction of sp³-hybridized carbons (Fsp3) is 0.455. The van der Waals surface area contributed by atoms with Gasteiger partial charge >= 0.3 is 0 Å². The zero-order chi connectivity index (χ0) is 11.3.